The highest BCUT2D eigenvalue weighted by molar-refractivity contribution is 7.89. The summed E-state index contributed by atoms with van der Waals surface area (Å²) in [6, 6.07) is 13.2. The summed E-state index contributed by atoms with van der Waals surface area (Å²) in [7, 11) is -4.03. The minimum absolute atomic E-state index is 0.0280. The average Bonchev–Trinajstić information content (AvgIpc) is 2.70. The number of hydrogen-bond donors (Lipinski definition) is 3. The second-order valence-electron chi connectivity index (χ2n) is 6.75. The van der Waals surface area contributed by atoms with Crippen molar-refractivity contribution in [2.45, 2.75) is 24.3 Å². The maximum Gasteiger partial charge on any atom is 0.243 e. The molecule has 158 valence electrons. The fourth-order valence-corrected chi connectivity index (χ4v) is 4.72. The molecule has 10 heteroatoms. The molecule has 0 bridgehead atoms. The number of hydrogen-bond acceptors (Lipinski definition) is 5. The summed E-state index contributed by atoms with van der Waals surface area (Å²) in [5.41, 5.74) is 1.01. The fourth-order valence-electron chi connectivity index (χ4n) is 3.13. The van der Waals surface area contributed by atoms with Crippen LogP contribution in [-0.4, -0.2) is 49.6 Å². The molecule has 1 heterocycles. The minimum Gasteiger partial charge on any atom is -0.353 e. The molecule has 0 spiro atoms. The molecule has 3 N–H and O–H groups in total. The van der Waals surface area contributed by atoms with Crippen molar-refractivity contribution in [1.29, 1.82) is 0 Å². The SMILES string of the molecule is CC(=O)Nc1ccc(S(=O)(=O)N2CCNC(=O)[C@@H]2CC(=O)Nc2ccccc2)cc1. The maximum atomic E-state index is 13.1. The van der Waals surface area contributed by atoms with Crippen molar-refractivity contribution in [1.82, 2.24) is 9.62 Å². The van der Waals surface area contributed by atoms with Gasteiger partial charge in [0, 0.05) is 31.4 Å². The lowest BCUT2D eigenvalue weighted by atomic mass is 10.1. The highest BCUT2D eigenvalue weighted by Gasteiger charge is 2.39. The van der Waals surface area contributed by atoms with Crippen LogP contribution in [0.15, 0.2) is 59.5 Å². The van der Waals surface area contributed by atoms with Crippen LogP contribution in [0.25, 0.3) is 0 Å². The van der Waals surface area contributed by atoms with Crippen molar-refractivity contribution in [2.75, 3.05) is 23.7 Å². The summed E-state index contributed by atoms with van der Waals surface area (Å²) in [6.45, 7) is 1.55. The number of amides is 3. The van der Waals surface area contributed by atoms with Gasteiger partial charge in [-0.25, -0.2) is 8.42 Å². The molecule has 2 aromatic rings. The number of rotatable bonds is 6. The first-order valence-electron chi connectivity index (χ1n) is 9.29. The Labute approximate surface area is 174 Å². The zero-order chi connectivity index (χ0) is 21.7. The summed E-state index contributed by atoms with van der Waals surface area (Å²) < 4.78 is 27.3. The molecule has 9 nitrogen and oxygen atoms in total. The zero-order valence-electron chi connectivity index (χ0n) is 16.3. The molecule has 0 aliphatic carbocycles. The monoisotopic (exact) mass is 430 g/mol. The van der Waals surface area contributed by atoms with Crippen molar-refractivity contribution in [3.05, 3.63) is 54.6 Å². The van der Waals surface area contributed by atoms with Gasteiger partial charge in [0.15, 0.2) is 0 Å². The highest BCUT2D eigenvalue weighted by Crippen LogP contribution is 2.23. The first-order chi connectivity index (χ1) is 14.3. The van der Waals surface area contributed by atoms with Crippen molar-refractivity contribution < 1.29 is 22.8 Å². The van der Waals surface area contributed by atoms with Gasteiger partial charge < -0.3 is 16.0 Å². The van der Waals surface area contributed by atoms with Crippen LogP contribution >= 0.6 is 0 Å². The second-order valence-corrected chi connectivity index (χ2v) is 8.64. The Bertz CT molecular complexity index is 1040. The normalized spacial score (nSPS) is 17.1. The lowest BCUT2D eigenvalue weighted by Crippen LogP contribution is -2.57. The molecule has 1 aliphatic rings. The number of carbonyl (C=O) groups is 3. The van der Waals surface area contributed by atoms with Crippen molar-refractivity contribution in [2.24, 2.45) is 0 Å². The standard InChI is InChI=1S/C20H22N4O5S/c1-14(25)22-16-7-9-17(10-8-16)30(28,29)24-12-11-21-20(27)18(24)13-19(26)23-15-5-3-2-4-6-15/h2-10,18H,11-13H2,1H3,(H,21,27)(H,22,25)(H,23,26)/t18-/m0/s1. The van der Waals surface area contributed by atoms with E-state index < -0.39 is 27.9 Å². The van der Waals surface area contributed by atoms with Crippen LogP contribution in [-0.2, 0) is 24.4 Å². The Morgan fingerprint density at radius 2 is 1.67 bits per heavy atom. The summed E-state index contributed by atoms with van der Waals surface area (Å²) in [5.74, 6) is -1.27. The molecular formula is C20H22N4O5S. The lowest BCUT2D eigenvalue weighted by Gasteiger charge is -2.33. The number of benzene rings is 2. The Balaban J connectivity index is 1.79. The van der Waals surface area contributed by atoms with Crippen molar-refractivity contribution >= 4 is 39.1 Å². The van der Waals surface area contributed by atoms with Gasteiger partial charge in [-0.2, -0.15) is 4.31 Å². The van der Waals surface area contributed by atoms with Crippen LogP contribution in [0.2, 0.25) is 0 Å². The molecule has 3 amide bonds. The van der Waals surface area contributed by atoms with Gasteiger partial charge in [-0.1, -0.05) is 18.2 Å². The van der Waals surface area contributed by atoms with Crippen LogP contribution in [0.5, 0.6) is 0 Å². The number of sulfonamides is 1. The fraction of sp³-hybridized carbons (Fsp3) is 0.250. The van der Waals surface area contributed by atoms with E-state index in [9.17, 15) is 22.8 Å². The van der Waals surface area contributed by atoms with Gasteiger partial charge in [0.05, 0.1) is 11.3 Å². The third-order valence-corrected chi connectivity index (χ3v) is 6.42. The molecule has 30 heavy (non-hydrogen) atoms. The van der Waals surface area contributed by atoms with E-state index in [1.54, 1.807) is 30.3 Å². The van der Waals surface area contributed by atoms with Gasteiger partial charge in [0.1, 0.15) is 6.04 Å². The van der Waals surface area contributed by atoms with Gasteiger partial charge in [-0.05, 0) is 36.4 Å². The van der Waals surface area contributed by atoms with Crippen LogP contribution < -0.4 is 16.0 Å². The zero-order valence-corrected chi connectivity index (χ0v) is 17.1. The summed E-state index contributed by atoms with van der Waals surface area (Å²) in [6.07, 6.45) is -0.316. The molecule has 1 fully saturated rings. The maximum absolute atomic E-state index is 13.1. The molecule has 0 unspecified atom stereocenters. The van der Waals surface area contributed by atoms with Gasteiger partial charge >= 0.3 is 0 Å². The largest absolute Gasteiger partial charge is 0.353 e. The molecule has 0 aromatic heterocycles. The minimum atomic E-state index is -4.03. The topological polar surface area (TPSA) is 125 Å². The Morgan fingerprint density at radius 3 is 2.30 bits per heavy atom. The molecule has 0 saturated carbocycles. The van der Waals surface area contributed by atoms with Crippen LogP contribution in [0.1, 0.15) is 13.3 Å². The Morgan fingerprint density at radius 1 is 1.03 bits per heavy atom. The van der Waals surface area contributed by atoms with E-state index in [-0.39, 0.29) is 30.3 Å². The Kier molecular flexibility index (Phi) is 6.48. The molecule has 0 radical (unpaired) electrons. The van der Waals surface area contributed by atoms with Crippen molar-refractivity contribution in [3.63, 3.8) is 0 Å². The number of para-hydroxylation sites is 1. The summed E-state index contributed by atoms with van der Waals surface area (Å²) in [4.78, 5) is 35.9. The van der Waals surface area contributed by atoms with Gasteiger partial charge in [0.2, 0.25) is 27.7 Å². The van der Waals surface area contributed by atoms with Gasteiger partial charge in [0.25, 0.3) is 0 Å². The molecule has 1 saturated heterocycles. The Hall–Kier alpha value is -3.24. The molecule has 1 aliphatic heterocycles. The lowest BCUT2D eigenvalue weighted by molar-refractivity contribution is -0.130. The smallest absolute Gasteiger partial charge is 0.243 e. The molecule has 2 aromatic carbocycles. The number of nitrogens with zero attached hydrogens (tertiary/aromatic N) is 1. The van der Waals surface area contributed by atoms with E-state index in [1.165, 1.54) is 31.2 Å². The predicted molar refractivity (Wildman–Crippen MR) is 111 cm³/mol. The second kappa shape index (κ2) is 9.06. The summed E-state index contributed by atoms with van der Waals surface area (Å²) >= 11 is 0. The first-order valence-corrected chi connectivity index (χ1v) is 10.7. The van der Waals surface area contributed by atoms with E-state index >= 15 is 0 Å². The average molecular weight is 430 g/mol. The number of anilines is 2. The summed E-state index contributed by atoms with van der Waals surface area (Å²) in [5, 5.41) is 7.84. The number of nitrogens with one attached hydrogen (secondary N) is 3. The molecule has 3 rings (SSSR count). The third-order valence-electron chi connectivity index (χ3n) is 4.50. The van der Waals surface area contributed by atoms with Crippen molar-refractivity contribution in [3.8, 4) is 0 Å². The number of piperazine rings is 1. The first kappa shape index (κ1) is 21.5. The van der Waals surface area contributed by atoms with E-state index in [2.05, 4.69) is 16.0 Å². The number of carbonyl (C=O) groups excluding carboxylic acids is 3. The van der Waals surface area contributed by atoms with E-state index in [0.717, 1.165) is 4.31 Å². The predicted octanol–water partition coefficient (Wildman–Crippen LogP) is 1.16. The van der Waals surface area contributed by atoms with E-state index in [1.807, 2.05) is 0 Å². The highest BCUT2D eigenvalue weighted by atomic mass is 32.2. The third kappa shape index (κ3) is 5.02. The van der Waals surface area contributed by atoms with Crippen LogP contribution in [0.3, 0.4) is 0 Å². The van der Waals surface area contributed by atoms with Crippen LogP contribution in [0, 0.1) is 0 Å². The quantitative estimate of drug-likeness (QED) is 0.634. The van der Waals surface area contributed by atoms with Gasteiger partial charge in [-0.3, -0.25) is 14.4 Å². The molecular weight excluding hydrogens is 408 g/mol. The molecule has 1 atom stereocenters. The van der Waals surface area contributed by atoms with E-state index in [4.69, 9.17) is 0 Å². The van der Waals surface area contributed by atoms with Gasteiger partial charge in [-0.15, -0.1) is 0 Å². The van der Waals surface area contributed by atoms with Crippen LogP contribution in [0.4, 0.5) is 11.4 Å². The van der Waals surface area contributed by atoms with E-state index in [0.29, 0.717) is 11.4 Å².